The van der Waals surface area contributed by atoms with Crippen molar-refractivity contribution in [3.05, 3.63) is 41.1 Å². The molecule has 8 nitrogen and oxygen atoms in total. The van der Waals surface area contributed by atoms with Crippen LogP contribution in [0.25, 0.3) is 0 Å². The molecule has 1 saturated heterocycles. The van der Waals surface area contributed by atoms with E-state index in [0.717, 1.165) is 31.7 Å². The number of aromatic amines is 1. The average molecular weight is 370 g/mol. The van der Waals surface area contributed by atoms with E-state index in [-0.39, 0.29) is 0 Å². The maximum atomic E-state index is 12.0. The van der Waals surface area contributed by atoms with Crippen molar-refractivity contribution in [1.82, 2.24) is 15.1 Å². The van der Waals surface area contributed by atoms with Crippen molar-refractivity contribution in [2.24, 2.45) is 5.10 Å². The number of carbonyl (C=O) groups excluding carboxylic acids is 1. The third-order valence-corrected chi connectivity index (χ3v) is 4.57. The van der Waals surface area contributed by atoms with Gasteiger partial charge in [0.15, 0.2) is 5.82 Å². The lowest BCUT2D eigenvalue weighted by Gasteiger charge is -2.34. The summed E-state index contributed by atoms with van der Waals surface area (Å²) in [4.78, 5) is 16.7. The van der Waals surface area contributed by atoms with Gasteiger partial charge in [-0.2, -0.15) is 10.2 Å². The second-order valence-corrected chi connectivity index (χ2v) is 6.54. The predicted molar refractivity (Wildman–Crippen MR) is 107 cm³/mol. The summed E-state index contributed by atoms with van der Waals surface area (Å²) in [6.45, 7) is 8.10. The highest BCUT2D eigenvalue weighted by molar-refractivity contribution is 5.96. The first-order chi connectivity index (χ1) is 13.1. The van der Waals surface area contributed by atoms with Gasteiger partial charge in [0, 0.05) is 37.6 Å². The fourth-order valence-corrected chi connectivity index (χ4v) is 2.97. The molecule has 144 valence electrons. The van der Waals surface area contributed by atoms with E-state index in [9.17, 15) is 4.79 Å². The van der Waals surface area contributed by atoms with Crippen molar-refractivity contribution in [1.29, 1.82) is 0 Å². The summed E-state index contributed by atoms with van der Waals surface area (Å²) in [6, 6.07) is 8.27. The van der Waals surface area contributed by atoms with Crippen LogP contribution in [0.2, 0.25) is 0 Å². The number of carbonyl (C=O) groups is 1. The quantitative estimate of drug-likeness (QED) is 0.460. The lowest BCUT2D eigenvalue weighted by Crippen LogP contribution is -2.44. The molecule has 8 heteroatoms. The van der Waals surface area contributed by atoms with Crippen molar-refractivity contribution < 1.29 is 9.53 Å². The zero-order valence-corrected chi connectivity index (χ0v) is 16.0. The number of rotatable bonds is 6. The van der Waals surface area contributed by atoms with Crippen LogP contribution in [0.5, 0.6) is 0 Å². The Kier molecular flexibility index (Phi) is 6.08. The van der Waals surface area contributed by atoms with Crippen molar-refractivity contribution in [2.75, 3.05) is 50.2 Å². The van der Waals surface area contributed by atoms with Gasteiger partial charge in [-0.1, -0.05) is 12.1 Å². The second-order valence-electron chi connectivity index (χ2n) is 6.54. The molecule has 1 aliphatic rings. The summed E-state index contributed by atoms with van der Waals surface area (Å²) in [5, 5.41) is 11.0. The number of hydrazone groups is 1. The number of likely N-dealkylation sites (N-methyl/N-ethyl adjacent to an activating group) is 1. The number of esters is 1. The van der Waals surface area contributed by atoms with Gasteiger partial charge in [-0.15, -0.1) is 0 Å². The Morgan fingerprint density at radius 2 is 2.00 bits per heavy atom. The van der Waals surface area contributed by atoms with Crippen LogP contribution in [0.3, 0.4) is 0 Å². The lowest BCUT2D eigenvalue weighted by molar-refractivity contribution is 0.0526. The number of ether oxygens (including phenoxy) is 1. The molecule has 1 aromatic heterocycles. The second kappa shape index (κ2) is 8.68. The summed E-state index contributed by atoms with van der Waals surface area (Å²) >= 11 is 0. The van der Waals surface area contributed by atoms with Crippen molar-refractivity contribution in [2.45, 2.75) is 13.8 Å². The van der Waals surface area contributed by atoms with E-state index in [0.29, 0.717) is 23.7 Å². The van der Waals surface area contributed by atoms with Crippen LogP contribution in [-0.4, -0.2) is 67.1 Å². The highest BCUT2D eigenvalue weighted by Gasteiger charge is 2.19. The van der Waals surface area contributed by atoms with Gasteiger partial charge in [0.1, 0.15) is 5.56 Å². The van der Waals surface area contributed by atoms with Crippen molar-refractivity contribution in [3.8, 4) is 0 Å². The molecular formula is C19H26N6O2. The van der Waals surface area contributed by atoms with Gasteiger partial charge in [-0.05, 0) is 38.6 Å². The number of nitrogens with one attached hydrogen (secondary N) is 2. The number of H-pyrrole nitrogens is 1. The molecule has 1 fully saturated rings. The highest BCUT2D eigenvalue weighted by Crippen LogP contribution is 2.18. The van der Waals surface area contributed by atoms with E-state index in [4.69, 9.17) is 4.74 Å². The minimum Gasteiger partial charge on any atom is -0.462 e. The molecular weight excluding hydrogens is 344 g/mol. The van der Waals surface area contributed by atoms with E-state index < -0.39 is 5.97 Å². The first-order valence-electron chi connectivity index (χ1n) is 9.13. The number of hydrogen-bond donors (Lipinski definition) is 2. The molecule has 2 N–H and O–H groups in total. The maximum Gasteiger partial charge on any atom is 0.343 e. The third kappa shape index (κ3) is 4.65. The van der Waals surface area contributed by atoms with Crippen LogP contribution in [0, 0.1) is 6.92 Å². The molecule has 0 bridgehead atoms. The van der Waals surface area contributed by atoms with Crippen LogP contribution in [0.1, 0.15) is 28.5 Å². The number of aromatic nitrogens is 2. The molecule has 0 radical (unpaired) electrons. The largest absolute Gasteiger partial charge is 0.462 e. The fourth-order valence-electron chi connectivity index (χ4n) is 2.97. The summed E-state index contributed by atoms with van der Waals surface area (Å²) < 4.78 is 5.05. The van der Waals surface area contributed by atoms with E-state index in [2.05, 4.69) is 49.7 Å². The number of benzene rings is 1. The van der Waals surface area contributed by atoms with Crippen LogP contribution in [0.15, 0.2) is 29.4 Å². The van der Waals surface area contributed by atoms with Gasteiger partial charge in [0.05, 0.1) is 12.8 Å². The van der Waals surface area contributed by atoms with Gasteiger partial charge < -0.3 is 14.5 Å². The summed E-state index contributed by atoms with van der Waals surface area (Å²) in [6.07, 6.45) is 1.70. The van der Waals surface area contributed by atoms with Crippen LogP contribution in [-0.2, 0) is 4.74 Å². The van der Waals surface area contributed by atoms with Crippen molar-refractivity contribution in [3.63, 3.8) is 0 Å². The number of anilines is 2. The Bertz CT molecular complexity index is 791. The molecule has 0 amide bonds. The molecule has 0 saturated carbocycles. The average Bonchev–Trinajstić information content (AvgIpc) is 3.04. The van der Waals surface area contributed by atoms with Gasteiger partial charge in [-0.25, -0.2) is 4.79 Å². The van der Waals surface area contributed by atoms with E-state index in [1.54, 1.807) is 20.1 Å². The predicted octanol–water partition coefficient (Wildman–Crippen LogP) is 2.09. The first-order valence-corrected chi connectivity index (χ1v) is 9.13. The number of hydrogen-bond acceptors (Lipinski definition) is 7. The van der Waals surface area contributed by atoms with Crippen LogP contribution >= 0.6 is 0 Å². The number of piperazine rings is 1. The van der Waals surface area contributed by atoms with Crippen LogP contribution in [0.4, 0.5) is 11.5 Å². The molecule has 1 aliphatic heterocycles. The molecule has 0 unspecified atom stereocenters. The zero-order valence-electron chi connectivity index (χ0n) is 16.0. The minimum absolute atomic E-state index is 0.311. The zero-order chi connectivity index (χ0) is 19.2. The molecule has 1 aromatic carbocycles. The molecule has 0 atom stereocenters. The van der Waals surface area contributed by atoms with Crippen LogP contribution < -0.4 is 10.3 Å². The topological polar surface area (TPSA) is 85.8 Å². The number of aryl methyl sites for hydroxylation is 1. The summed E-state index contributed by atoms with van der Waals surface area (Å²) in [5.74, 6) is -0.0609. The van der Waals surface area contributed by atoms with Gasteiger partial charge in [-0.3, -0.25) is 10.5 Å². The number of nitrogens with zero attached hydrogens (tertiary/aromatic N) is 4. The fraction of sp³-hybridized carbons (Fsp3) is 0.421. The molecule has 0 aliphatic carbocycles. The Balaban J connectivity index is 1.61. The third-order valence-electron chi connectivity index (χ3n) is 4.57. The summed E-state index contributed by atoms with van der Waals surface area (Å²) in [7, 11) is 2.15. The maximum absolute atomic E-state index is 12.0. The summed E-state index contributed by atoms with van der Waals surface area (Å²) in [5.41, 5.74) is 6.02. The Labute approximate surface area is 159 Å². The molecule has 0 spiro atoms. The highest BCUT2D eigenvalue weighted by atomic mass is 16.5. The molecule has 27 heavy (non-hydrogen) atoms. The Morgan fingerprint density at radius 1 is 1.30 bits per heavy atom. The standard InChI is InChI=1S/C19H26N6O2/c1-4-27-19(26)17-14(2)21-23-18(17)22-20-13-15-5-7-16(8-6-15)25-11-9-24(3)10-12-25/h5-8,13H,4,9-12H2,1-3H3,(H2,21,22,23)/b20-13+. The Hall–Kier alpha value is -2.87. The smallest absolute Gasteiger partial charge is 0.343 e. The SMILES string of the molecule is CCOC(=O)c1c(N/N=C/c2ccc(N3CCN(C)CC3)cc2)n[nH]c1C. The van der Waals surface area contributed by atoms with E-state index in [1.807, 2.05) is 12.1 Å². The molecule has 3 rings (SSSR count). The van der Waals surface area contributed by atoms with E-state index >= 15 is 0 Å². The Morgan fingerprint density at radius 3 is 2.67 bits per heavy atom. The molecule has 2 aromatic rings. The van der Waals surface area contributed by atoms with Crippen molar-refractivity contribution >= 4 is 23.7 Å². The monoisotopic (exact) mass is 370 g/mol. The lowest BCUT2D eigenvalue weighted by atomic mass is 10.2. The molecule has 2 heterocycles. The van der Waals surface area contributed by atoms with E-state index in [1.165, 1.54) is 5.69 Å². The van der Waals surface area contributed by atoms with Gasteiger partial charge in [0.2, 0.25) is 0 Å². The van der Waals surface area contributed by atoms with Gasteiger partial charge in [0.25, 0.3) is 0 Å². The first kappa shape index (κ1) is 18.9. The normalized spacial score (nSPS) is 15.3. The minimum atomic E-state index is -0.419. The van der Waals surface area contributed by atoms with Gasteiger partial charge >= 0.3 is 5.97 Å².